The number of hydrogen-bond acceptors (Lipinski definition) is 3. The van der Waals surface area contributed by atoms with E-state index in [0.29, 0.717) is 31.1 Å². The van der Waals surface area contributed by atoms with Crippen molar-refractivity contribution in [2.45, 2.75) is 18.9 Å². The number of halogens is 1. The molecule has 5 heteroatoms. The molecule has 29 heavy (non-hydrogen) atoms. The first-order valence-electron chi connectivity index (χ1n) is 9.69. The highest BCUT2D eigenvalue weighted by molar-refractivity contribution is 5.94. The summed E-state index contributed by atoms with van der Waals surface area (Å²) in [7, 11) is 0. The second kappa shape index (κ2) is 8.78. The lowest BCUT2D eigenvalue weighted by atomic mass is 9.98. The van der Waals surface area contributed by atoms with Crippen LogP contribution in [0, 0.1) is 5.82 Å². The Hall–Kier alpha value is -3.34. The molecule has 4 nitrogen and oxygen atoms in total. The van der Waals surface area contributed by atoms with Crippen LogP contribution in [-0.2, 0) is 6.42 Å². The Kier molecular flexibility index (Phi) is 5.75. The van der Waals surface area contributed by atoms with Gasteiger partial charge in [-0.25, -0.2) is 4.39 Å². The number of benzene rings is 3. The first-order chi connectivity index (χ1) is 14.2. The van der Waals surface area contributed by atoms with E-state index in [1.165, 1.54) is 17.7 Å². The van der Waals surface area contributed by atoms with Crippen molar-refractivity contribution in [3.05, 3.63) is 95.3 Å². The molecule has 1 aliphatic rings. The van der Waals surface area contributed by atoms with Gasteiger partial charge in [-0.1, -0.05) is 48.5 Å². The molecule has 1 N–H and O–H groups in total. The third-order valence-corrected chi connectivity index (χ3v) is 4.96. The van der Waals surface area contributed by atoms with E-state index in [9.17, 15) is 9.18 Å². The zero-order valence-corrected chi connectivity index (χ0v) is 15.9. The van der Waals surface area contributed by atoms with Gasteiger partial charge in [0.25, 0.3) is 5.91 Å². The third-order valence-electron chi connectivity index (χ3n) is 4.96. The molecule has 0 spiro atoms. The maximum Gasteiger partial charge on any atom is 0.254 e. The number of ether oxygens (including phenoxy) is 2. The van der Waals surface area contributed by atoms with Crippen molar-refractivity contribution in [3.63, 3.8) is 0 Å². The lowest BCUT2D eigenvalue weighted by Crippen LogP contribution is -2.30. The molecular formula is C24H22FNO3. The standard InChI is InChI=1S/C24H22FNO3/c25-20-9-5-4-8-19(20)24(27)26-21(12-10-17-6-2-1-3-7-17)18-11-13-22-23(16-18)29-15-14-28-22/h1-9,11,13,16,21H,10,12,14-15H2,(H,26,27)/t21-/m1/s1. The highest BCUT2D eigenvalue weighted by Crippen LogP contribution is 2.34. The Morgan fingerprint density at radius 2 is 1.66 bits per heavy atom. The molecule has 0 aliphatic carbocycles. The molecule has 0 aromatic heterocycles. The number of fused-ring (bicyclic) bond motifs is 1. The summed E-state index contributed by atoms with van der Waals surface area (Å²) in [5, 5.41) is 2.99. The molecule has 0 fully saturated rings. The van der Waals surface area contributed by atoms with Crippen LogP contribution in [0.2, 0.25) is 0 Å². The van der Waals surface area contributed by atoms with Gasteiger partial charge in [-0.2, -0.15) is 0 Å². The lowest BCUT2D eigenvalue weighted by Gasteiger charge is -2.23. The SMILES string of the molecule is O=C(N[C@H](CCc1ccccc1)c1ccc2c(c1)OCCO2)c1ccccc1F. The molecular weight excluding hydrogens is 369 g/mol. The number of hydrogen-bond donors (Lipinski definition) is 1. The minimum absolute atomic E-state index is 0.0368. The monoisotopic (exact) mass is 391 g/mol. The fraction of sp³-hybridized carbons (Fsp3) is 0.208. The Bertz CT molecular complexity index is 990. The van der Waals surface area contributed by atoms with Gasteiger partial charge in [0.1, 0.15) is 19.0 Å². The van der Waals surface area contributed by atoms with Crippen LogP contribution in [0.25, 0.3) is 0 Å². The first kappa shape index (κ1) is 19.0. The average molecular weight is 391 g/mol. The van der Waals surface area contributed by atoms with E-state index < -0.39 is 11.7 Å². The molecule has 0 bridgehead atoms. The molecule has 1 heterocycles. The maximum absolute atomic E-state index is 14.1. The zero-order valence-electron chi connectivity index (χ0n) is 15.9. The maximum atomic E-state index is 14.1. The summed E-state index contributed by atoms with van der Waals surface area (Å²) in [6.45, 7) is 1.01. The summed E-state index contributed by atoms with van der Waals surface area (Å²) in [5.74, 6) is 0.394. The van der Waals surface area contributed by atoms with Gasteiger partial charge in [0.05, 0.1) is 11.6 Å². The summed E-state index contributed by atoms with van der Waals surface area (Å²) in [6, 6.07) is 21.4. The fourth-order valence-electron chi connectivity index (χ4n) is 3.44. The van der Waals surface area contributed by atoms with Crippen LogP contribution < -0.4 is 14.8 Å². The highest BCUT2D eigenvalue weighted by atomic mass is 19.1. The van der Waals surface area contributed by atoms with Gasteiger partial charge in [0.15, 0.2) is 11.5 Å². The Morgan fingerprint density at radius 1 is 0.931 bits per heavy atom. The smallest absolute Gasteiger partial charge is 0.254 e. The Balaban J connectivity index is 1.58. The number of aryl methyl sites for hydroxylation is 1. The van der Waals surface area contributed by atoms with Crippen molar-refractivity contribution in [2.24, 2.45) is 0 Å². The van der Waals surface area contributed by atoms with Crippen LogP contribution >= 0.6 is 0 Å². The Morgan fingerprint density at radius 3 is 2.45 bits per heavy atom. The minimum atomic E-state index is -0.533. The largest absolute Gasteiger partial charge is 0.486 e. The second-order valence-corrected chi connectivity index (χ2v) is 6.93. The van der Waals surface area contributed by atoms with Crippen LogP contribution in [0.4, 0.5) is 4.39 Å². The number of carbonyl (C=O) groups is 1. The van der Waals surface area contributed by atoms with Crippen LogP contribution in [0.5, 0.6) is 11.5 Å². The molecule has 148 valence electrons. The van der Waals surface area contributed by atoms with E-state index in [4.69, 9.17) is 9.47 Å². The van der Waals surface area contributed by atoms with E-state index in [0.717, 1.165) is 12.0 Å². The summed E-state index contributed by atoms with van der Waals surface area (Å²) in [5.41, 5.74) is 2.11. The van der Waals surface area contributed by atoms with Gasteiger partial charge in [-0.3, -0.25) is 4.79 Å². The lowest BCUT2D eigenvalue weighted by molar-refractivity contribution is 0.0930. The summed E-state index contributed by atoms with van der Waals surface area (Å²) in [6.07, 6.45) is 1.45. The average Bonchev–Trinajstić information content (AvgIpc) is 2.77. The molecule has 0 radical (unpaired) electrons. The molecule has 3 aromatic carbocycles. The second-order valence-electron chi connectivity index (χ2n) is 6.93. The molecule has 1 atom stereocenters. The summed E-state index contributed by atoms with van der Waals surface area (Å²) in [4.78, 5) is 12.7. The van der Waals surface area contributed by atoms with E-state index in [2.05, 4.69) is 17.4 Å². The van der Waals surface area contributed by atoms with Gasteiger partial charge in [-0.15, -0.1) is 0 Å². The highest BCUT2D eigenvalue weighted by Gasteiger charge is 2.21. The molecule has 1 aliphatic heterocycles. The summed E-state index contributed by atoms with van der Waals surface area (Å²) < 4.78 is 25.4. The fourth-order valence-corrected chi connectivity index (χ4v) is 3.44. The number of carbonyl (C=O) groups excluding carboxylic acids is 1. The minimum Gasteiger partial charge on any atom is -0.486 e. The van der Waals surface area contributed by atoms with Crippen LogP contribution in [0.3, 0.4) is 0 Å². The van der Waals surface area contributed by atoms with Crippen molar-refractivity contribution < 1.29 is 18.7 Å². The van der Waals surface area contributed by atoms with Gasteiger partial charge in [0, 0.05) is 0 Å². The first-order valence-corrected chi connectivity index (χ1v) is 9.69. The van der Waals surface area contributed by atoms with E-state index >= 15 is 0 Å². The van der Waals surface area contributed by atoms with E-state index in [1.807, 2.05) is 36.4 Å². The van der Waals surface area contributed by atoms with Crippen LogP contribution in [0.15, 0.2) is 72.8 Å². The van der Waals surface area contributed by atoms with Crippen molar-refractivity contribution in [1.29, 1.82) is 0 Å². The van der Waals surface area contributed by atoms with Crippen molar-refractivity contribution in [1.82, 2.24) is 5.32 Å². The summed E-state index contributed by atoms with van der Waals surface area (Å²) >= 11 is 0. The van der Waals surface area contributed by atoms with Gasteiger partial charge in [-0.05, 0) is 48.2 Å². The van der Waals surface area contributed by atoms with E-state index in [-0.39, 0.29) is 11.6 Å². The predicted molar refractivity (Wildman–Crippen MR) is 109 cm³/mol. The third kappa shape index (κ3) is 4.57. The molecule has 0 saturated heterocycles. The van der Waals surface area contributed by atoms with E-state index in [1.54, 1.807) is 12.1 Å². The van der Waals surface area contributed by atoms with Crippen molar-refractivity contribution in [2.75, 3.05) is 13.2 Å². The molecule has 0 saturated carbocycles. The zero-order chi connectivity index (χ0) is 20.1. The predicted octanol–water partition coefficient (Wildman–Crippen LogP) is 4.70. The molecule has 4 rings (SSSR count). The van der Waals surface area contributed by atoms with Crippen molar-refractivity contribution in [3.8, 4) is 11.5 Å². The van der Waals surface area contributed by atoms with Gasteiger partial charge < -0.3 is 14.8 Å². The molecule has 0 unspecified atom stereocenters. The van der Waals surface area contributed by atoms with Gasteiger partial charge in [0.2, 0.25) is 0 Å². The number of nitrogens with one attached hydrogen (secondary N) is 1. The molecule has 3 aromatic rings. The number of amides is 1. The normalized spacial score (nSPS) is 13.6. The van der Waals surface area contributed by atoms with Gasteiger partial charge >= 0.3 is 0 Å². The molecule has 1 amide bonds. The topological polar surface area (TPSA) is 47.6 Å². The van der Waals surface area contributed by atoms with Crippen LogP contribution in [0.1, 0.15) is 33.9 Å². The van der Waals surface area contributed by atoms with Crippen LogP contribution in [-0.4, -0.2) is 19.1 Å². The number of rotatable bonds is 6. The quantitative estimate of drug-likeness (QED) is 0.663. The Labute approximate surface area is 169 Å². The van der Waals surface area contributed by atoms with Crippen molar-refractivity contribution >= 4 is 5.91 Å².